The van der Waals surface area contributed by atoms with Crippen LogP contribution in [0.4, 0.5) is 20.2 Å². The molecule has 152 valence electrons. The summed E-state index contributed by atoms with van der Waals surface area (Å²) in [6, 6.07) is 10.1. The zero-order chi connectivity index (χ0) is 21.0. The third kappa shape index (κ3) is 4.96. The highest BCUT2D eigenvalue weighted by Crippen LogP contribution is 2.22. The number of carbonyl (C=O) groups is 3. The predicted molar refractivity (Wildman–Crippen MR) is 102 cm³/mol. The molecule has 0 saturated carbocycles. The minimum absolute atomic E-state index is 0.0725. The topological polar surface area (TPSA) is 75.7 Å². The summed E-state index contributed by atoms with van der Waals surface area (Å²) in [6.45, 7) is 1.99. The van der Waals surface area contributed by atoms with Gasteiger partial charge in [-0.15, -0.1) is 0 Å². The molecule has 8 heteroatoms. The SMILES string of the molecule is CC(OC(=O)Cc1ccc(N2CCCC2=O)cc1)C(=O)Nc1c(F)cccc1F. The number of para-hydroxylation sites is 1. The molecule has 1 aliphatic rings. The standard InChI is InChI=1S/C21H20F2N2O4/c1-13(21(28)24-20-16(22)4-2-5-17(20)23)29-19(27)12-14-7-9-15(10-8-14)25-11-3-6-18(25)26/h2,4-5,7-10,13H,3,6,11-12H2,1H3,(H,24,28). The molecule has 0 spiro atoms. The van der Waals surface area contributed by atoms with Crippen molar-refractivity contribution in [3.8, 4) is 0 Å². The van der Waals surface area contributed by atoms with Crippen LogP contribution in [0, 0.1) is 11.6 Å². The summed E-state index contributed by atoms with van der Waals surface area (Å²) in [7, 11) is 0. The molecule has 1 unspecified atom stereocenters. The van der Waals surface area contributed by atoms with Crippen molar-refractivity contribution in [2.75, 3.05) is 16.8 Å². The lowest BCUT2D eigenvalue weighted by molar-refractivity contribution is -0.152. The van der Waals surface area contributed by atoms with Crippen LogP contribution in [0.25, 0.3) is 0 Å². The fourth-order valence-corrected chi connectivity index (χ4v) is 3.02. The van der Waals surface area contributed by atoms with Gasteiger partial charge in [0.1, 0.15) is 17.3 Å². The van der Waals surface area contributed by atoms with Crippen molar-refractivity contribution in [3.63, 3.8) is 0 Å². The molecule has 1 fully saturated rings. The highest BCUT2D eigenvalue weighted by Gasteiger charge is 2.23. The number of anilines is 2. The maximum absolute atomic E-state index is 13.6. The average molecular weight is 402 g/mol. The first kappa shape index (κ1) is 20.4. The fraction of sp³-hybridized carbons (Fsp3) is 0.286. The minimum Gasteiger partial charge on any atom is -0.452 e. The van der Waals surface area contributed by atoms with E-state index in [9.17, 15) is 23.2 Å². The van der Waals surface area contributed by atoms with Gasteiger partial charge >= 0.3 is 5.97 Å². The summed E-state index contributed by atoms with van der Waals surface area (Å²) in [5.41, 5.74) is 0.829. The van der Waals surface area contributed by atoms with Gasteiger partial charge in [-0.3, -0.25) is 14.4 Å². The molecule has 1 atom stereocenters. The summed E-state index contributed by atoms with van der Waals surface area (Å²) in [5.74, 6) is -3.28. The predicted octanol–water partition coefficient (Wildman–Crippen LogP) is 3.20. The van der Waals surface area contributed by atoms with Gasteiger partial charge in [0, 0.05) is 18.7 Å². The van der Waals surface area contributed by atoms with Crippen molar-refractivity contribution in [3.05, 3.63) is 59.7 Å². The molecule has 0 aliphatic carbocycles. The first-order chi connectivity index (χ1) is 13.8. The van der Waals surface area contributed by atoms with Crippen molar-refractivity contribution in [2.45, 2.75) is 32.3 Å². The van der Waals surface area contributed by atoms with E-state index in [2.05, 4.69) is 5.32 Å². The van der Waals surface area contributed by atoms with E-state index in [0.29, 0.717) is 18.5 Å². The smallest absolute Gasteiger partial charge is 0.311 e. The lowest BCUT2D eigenvalue weighted by Gasteiger charge is -2.16. The molecule has 3 rings (SSSR count). The molecule has 2 aromatic rings. The highest BCUT2D eigenvalue weighted by atomic mass is 19.1. The molecular formula is C21H20F2N2O4. The highest BCUT2D eigenvalue weighted by molar-refractivity contribution is 5.96. The minimum atomic E-state index is -1.23. The number of amides is 2. The van der Waals surface area contributed by atoms with Gasteiger partial charge in [-0.05, 0) is 43.2 Å². The van der Waals surface area contributed by atoms with E-state index >= 15 is 0 Å². The van der Waals surface area contributed by atoms with Gasteiger partial charge < -0.3 is 15.0 Å². The third-order valence-electron chi connectivity index (χ3n) is 4.56. The number of carbonyl (C=O) groups excluding carboxylic acids is 3. The lowest BCUT2D eigenvalue weighted by Crippen LogP contribution is -2.31. The first-order valence-electron chi connectivity index (χ1n) is 9.19. The average Bonchev–Trinajstić information content (AvgIpc) is 3.11. The molecule has 2 aromatic carbocycles. The zero-order valence-corrected chi connectivity index (χ0v) is 15.8. The Hall–Kier alpha value is -3.29. The summed E-state index contributed by atoms with van der Waals surface area (Å²) in [4.78, 5) is 37.6. The van der Waals surface area contributed by atoms with Crippen LogP contribution in [-0.4, -0.2) is 30.4 Å². The number of nitrogens with zero attached hydrogens (tertiary/aromatic N) is 1. The number of halogens is 2. The lowest BCUT2D eigenvalue weighted by atomic mass is 10.1. The first-order valence-corrected chi connectivity index (χ1v) is 9.19. The Labute approximate surface area is 166 Å². The second kappa shape index (κ2) is 8.81. The summed E-state index contributed by atoms with van der Waals surface area (Å²) >= 11 is 0. The molecule has 1 aliphatic heterocycles. The van der Waals surface area contributed by atoms with Crippen LogP contribution in [0.1, 0.15) is 25.3 Å². The van der Waals surface area contributed by atoms with Crippen LogP contribution in [0.5, 0.6) is 0 Å². The molecular weight excluding hydrogens is 382 g/mol. The van der Waals surface area contributed by atoms with Crippen LogP contribution in [0.15, 0.2) is 42.5 Å². The molecule has 0 bridgehead atoms. The molecule has 29 heavy (non-hydrogen) atoms. The molecule has 1 saturated heterocycles. The Balaban J connectivity index is 1.54. The van der Waals surface area contributed by atoms with Crippen LogP contribution in [0.3, 0.4) is 0 Å². The normalized spacial score (nSPS) is 14.6. The van der Waals surface area contributed by atoms with E-state index in [1.807, 2.05) is 0 Å². The Morgan fingerprint density at radius 2 is 1.79 bits per heavy atom. The van der Waals surface area contributed by atoms with E-state index in [1.165, 1.54) is 13.0 Å². The molecule has 2 amide bonds. The number of benzene rings is 2. The van der Waals surface area contributed by atoms with Crippen LogP contribution < -0.4 is 10.2 Å². The summed E-state index contributed by atoms with van der Waals surface area (Å²) < 4.78 is 32.3. The Kier molecular flexibility index (Phi) is 6.21. The van der Waals surface area contributed by atoms with Gasteiger partial charge in [-0.25, -0.2) is 8.78 Å². The van der Waals surface area contributed by atoms with E-state index in [4.69, 9.17) is 4.74 Å². The Bertz CT molecular complexity index is 911. The van der Waals surface area contributed by atoms with Gasteiger partial charge in [0.2, 0.25) is 5.91 Å². The number of ether oxygens (including phenoxy) is 1. The van der Waals surface area contributed by atoms with Crippen molar-refractivity contribution in [2.24, 2.45) is 0 Å². The quantitative estimate of drug-likeness (QED) is 0.753. The van der Waals surface area contributed by atoms with Gasteiger partial charge in [0.15, 0.2) is 6.10 Å². The molecule has 1 heterocycles. The van der Waals surface area contributed by atoms with Crippen LogP contribution >= 0.6 is 0 Å². The largest absolute Gasteiger partial charge is 0.452 e. The van der Waals surface area contributed by atoms with E-state index in [-0.39, 0.29) is 12.3 Å². The van der Waals surface area contributed by atoms with E-state index in [1.54, 1.807) is 29.2 Å². The fourth-order valence-electron chi connectivity index (χ4n) is 3.02. The van der Waals surface area contributed by atoms with Gasteiger partial charge in [-0.1, -0.05) is 18.2 Å². The summed E-state index contributed by atoms with van der Waals surface area (Å²) in [6.07, 6.45) is 0.0388. The van der Waals surface area contributed by atoms with E-state index in [0.717, 1.165) is 24.2 Å². The van der Waals surface area contributed by atoms with Crippen molar-refractivity contribution in [1.29, 1.82) is 0 Å². The van der Waals surface area contributed by atoms with Gasteiger partial charge in [0.25, 0.3) is 5.91 Å². The van der Waals surface area contributed by atoms with E-state index < -0.39 is 35.3 Å². The van der Waals surface area contributed by atoms with Crippen molar-refractivity contribution < 1.29 is 27.9 Å². The Morgan fingerprint density at radius 1 is 1.14 bits per heavy atom. The molecule has 0 aromatic heterocycles. The molecule has 6 nitrogen and oxygen atoms in total. The van der Waals surface area contributed by atoms with Crippen molar-refractivity contribution in [1.82, 2.24) is 0 Å². The van der Waals surface area contributed by atoms with Crippen molar-refractivity contribution >= 4 is 29.2 Å². The zero-order valence-electron chi connectivity index (χ0n) is 15.8. The number of rotatable bonds is 6. The third-order valence-corrected chi connectivity index (χ3v) is 4.56. The van der Waals surface area contributed by atoms with Gasteiger partial charge in [0.05, 0.1) is 6.42 Å². The second-order valence-corrected chi connectivity index (χ2v) is 6.71. The van der Waals surface area contributed by atoms with Crippen LogP contribution in [0.2, 0.25) is 0 Å². The number of nitrogens with one attached hydrogen (secondary N) is 1. The number of esters is 1. The van der Waals surface area contributed by atoms with Gasteiger partial charge in [-0.2, -0.15) is 0 Å². The second-order valence-electron chi connectivity index (χ2n) is 6.71. The van der Waals surface area contributed by atoms with Crippen LogP contribution in [-0.2, 0) is 25.5 Å². The maximum atomic E-state index is 13.6. The monoisotopic (exact) mass is 402 g/mol. The number of hydrogen-bond acceptors (Lipinski definition) is 4. The maximum Gasteiger partial charge on any atom is 0.311 e. The molecule has 1 N–H and O–H groups in total. The summed E-state index contributed by atoms with van der Waals surface area (Å²) in [5, 5.41) is 2.09. The molecule has 0 radical (unpaired) electrons. The Morgan fingerprint density at radius 3 is 2.38 bits per heavy atom. The number of hydrogen-bond donors (Lipinski definition) is 1.